The Morgan fingerprint density at radius 1 is 1.11 bits per heavy atom. The fourth-order valence-electron chi connectivity index (χ4n) is 2.10. The average molecular weight is 280 g/mol. The topological polar surface area (TPSA) is 22.2 Å². The number of aryl methyl sites for hydroxylation is 2. The smallest absolute Gasteiger partial charge is 0.214 e. The molecule has 0 unspecified atom stereocenters. The van der Waals surface area contributed by atoms with Gasteiger partial charge in [-0.05, 0) is 19.1 Å². The van der Waals surface area contributed by atoms with Gasteiger partial charge < -0.3 is 4.57 Å². The molecule has 5 heteroatoms. The minimum Gasteiger partial charge on any atom is -0.313 e. The number of nitrogens with zero attached hydrogens (tertiary/aromatic N) is 3. The van der Waals surface area contributed by atoms with Crippen molar-refractivity contribution in [1.29, 1.82) is 0 Å². The van der Waals surface area contributed by atoms with E-state index in [2.05, 4.69) is 4.98 Å². The molecule has 0 aliphatic carbocycles. The van der Waals surface area contributed by atoms with Crippen molar-refractivity contribution in [3.05, 3.63) is 46.3 Å². The number of fused-ring (bicyclic) bond motifs is 1. The highest BCUT2D eigenvalue weighted by molar-refractivity contribution is 6.42. The zero-order valence-corrected chi connectivity index (χ0v) is 11.5. The van der Waals surface area contributed by atoms with Crippen LogP contribution in [0.5, 0.6) is 0 Å². The van der Waals surface area contributed by atoms with E-state index < -0.39 is 0 Å². The maximum atomic E-state index is 6.05. The van der Waals surface area contributed by atoms with Crippen molar-refractivity contribution in [3.8, 4) is 11.3 Å². The second-order valence-corrected chi connectivity index (χ2v) is 5.11. The maximum Gasteiger partial charge on any atom is 0.214 e. The third-order valence-corrected chi connectivity index (χ3v) is 3.71. The number of aromatic nitrogens is 3. The monoisotopic (exact) mass is 279 g/mol. The average Bonchev–Trinajstić information content (AvgIpc) is 2.82. The number of rotatable bonds is 1. The van der Waals surface area contributed by atoms with Gasteiger partial charge in [-0.15, -0.1) is 0 Å². The molecule has 0 saturated heterocycles. The van der Waals surface area contributed by atoms with Crippen LogP contribution in [0.2, 0.25) is 10.0 Å². The molecule has 3 aromatic rings. The Labute approximate surface area is 115 Å². The first-order valence-corrected chi connectivity index (χ1v) is 6.28. The van der Waals surface area contributed by atoms with Crippen LogP contribution in [-0.4, -0.2) is 14.0 Å². The molecule has 0 radical (unpaired) electrons. The third-order valence-electron chi connectivity index (χ3n) is 2.97. The number of hydrogen-bond donors (Lipinski definition) is 0. The van der Waals surface area contributed by atoms with Gasteiger partial charge in [0.25, 0.3) is 0 Å². The van der Waals surface area contributed by atoms with E-state index in [1.807, 2.05) is 47.5 Å². The Balaban J connectivity index is 2.21. The van der Waals surface area contributed by atoms with Crippen molar-refractivity contribution in [2.24, 2.45) is 7.05 Å². The Morgan fingerprint density at radius 2 is 1.89 bits per heavy atom. The minimum atomic E-state index is 0.559. The number of imidazole rings is 2. The van der Waals surface area contributed by atoms with Gasteiger partial charge in [0.15, 0.2) is 0 Å². The number of hydrogen-bond acceptors (Lipinski definition) is 1. The van der Waals surface area contributed by atoms with Crippen molar-refractivity contribution < 1.29 is 0 Å². The van der Waals surface area contributed by atoms with Crippen LogP contribution in [0.25, 0.3) is 17.0 Å². The second kappa shape index (κ2) is 4.04. The Kier molecular flexibility index (Phi) is 2.61. The zero-order chi connectivity index (χ0) is 12.9. The molecule has 0 fully saturated rings. The van der Waals surface area contributed by atoms with Gasteiger partial charge in [-0.25, -0.2) is 4.98 Å². The summed E-state index contributed by atoms with van der Waals surface area (Å²) in [5.41, 5.74) is 3.08. The van der Waals surface area contributed by atoms with Crippen LogP contribution in [0.3, 0.4) is 0 Å². The number of benzene rings is 1. The first kappa shape index (κ1) is 11.6. The van der Waals surface area contributed by atoms with Crippen molar-refractivity contribution in [1.82, 2.24) is 14.0 Å². The zero-order valence-electron chi connectivity index (χ0n) is 9.98. The SMILES string of the molecule is Cc1cn2cc(-c3ccc(Cl)c(Cl)c3)n(C)c2n1. The molecule has 2 aromatic heterocycles. The molecule has 0 N–H and O–H groups in total. The summed E-state index contributed by atoms with van der Waals surface area (Å²) in [6.07, 6.45) is 4.03. The highest BCUT2D eigenvalue weighted by Gasteiger charge is 2.11. The lowest BCUT2D eigenvalue weighted by atomic mass is 10.2. The van der Waals surface area contributed by atoms with Crippen LogP contribution in [0.1, 0.15) is 5.69 Å². The summed E-state index contributed by atoms with van der Waals surface area (Å²) < 4.78 is 4.04. The number of halogens is 2. The van der Waals surface area contributed by atoms with Crippen LogP contribution >= 0.6 is 23.2 Å². The first-order valence-electron chi connectivity index (χ1n) is 5.52. The molecule has 18 heavy (non-hydrogen) atoms. The van der Waals surface area contributed by atoms with E-state index >= 15 is 0 Å². The lowest BCUT2D eigenvalue weighted by molar-refractivity contribution is 0.943. The van der Waals surface area contributed by atoms with Gasteiger partial charge in [0.2, 0.25) is 5.78 Å². The summed E-state index contributed by atoms with van der Waals surface area (Å²) in [5, 5.41) is 1.12. The summed E-state index contributed by atoms with van der Waals surface area (Å²) in [4.78, 5) is 4.47. The standard InChI is InChI=1S/C13H11Cl2N3/c1-8-6-18-7-12(17(2)13(18)16-8)9-3-4-10(14)11(15)5-9/h3-7H,1-2H3. The van der Waals surface area contributed by atoms with E-state index in [9.17, 15) is 0 Å². The Hall–Kier alpha value is -1.45. The normalized spacial score (nSPS) is 11.3. The van der Waals surface area contributed by atoms with E-state index in [1.54, 1.807) is 6.07 Å². The summed E-state index contributed by atoms with van der Waals surface area (Å²) in [7, 11) is 1.99. The van der Waals surface area contributed by atoms with Gasteiger partial charge >= 0.3 is 0 Å². The summed E-state index contributed by atoms with van der Waals surface area (Å²) in [5.74, 6) is 0.911. The van der Waals surface area contributed by atoms with E-state index in [0.717, 1.165) is 22.7 Å². The van der Waals surface area contributed by atoms with Gasteiger partial charge in [0.1, 0.15) is 0 Å². The second-order valence-electron chi connectivity index (χ2n) is 4.29. The largest absolute Gasteiger partial charge is 0.313 e. The van der Waals surface area contributed by atoms with E-state index in [0.29, 0.717) is 10.0 Å². The van der Waals surface area contributed by atoms with Crippen LogP contribution in [0, 0.1) is 6.92 Å². The van der Waals surface area contributed by atoms with E-state index in [1.165, 1.54) is 0 Å². The predicted molar refractivity (Wildman–Crippen MR) is 74.4 cm³/mol. The Bertz CT molecular complexity index is 740. The van der Waals surface area contributed by atoms with E-state index in [4.69, 9.17) is 23.2 Å². The lowest BCUT2D eigenvalue weighted by Gasteiger charge is -2.04. The molecule has 3 nitrogen and oxygen atoms in total. The maximum absolute atomic E-state index is 6.05. The molecule has 0 bridgehead atoms. The molecule has 3 rings (SSSR count). The van der Waals surface area contributed by atoms with Gasteiger partial charge in [-0.2, -0.15) is 0 Å². The molecular weight excluding hydrogens is 269 g/mol. The van der Waals surface area contributed by atoms with Crippen molar-refractivity contribution >= 4 is 29.0 Å². The van der Waals surface area contributed by atoms with E-state index in [-0.39, 0.29) is 0 Å². The van der Waals surface area contributed by atoms with Crippen LogP contribution in [0.15, 0.2) is 30.6 Å². The minimum absolute atomic E-state index is 0.559. The van der Waals surface area contributed by atoms with Crippen LogP contribution in [-0.2, 0) is 7.05 Å². The van der Waals surface area contributed by atoms with Gasteiger partial charge in [0.05, 0.1) is 21.4 Å². The van der Waals surface area contributed by atoms with Gasteiger partial charge in [-0.3, -0.25) is 4.40 Å². The van der Waals surface area contributed by atoms with Crippen molar-refractivity contribution in [2.75, 3.05) is 0 Å². The molecule has 2 heterocycles. The first-order chi connectivity index (χ1) is 8.56. The highest BCUT2D eigenvalue weighted by atomic mass is 35.5. The molecule has 0 saturated carbocycles. The molecular formula is C13H11Cl2N3. The summed E-state index contributed by atoms with van der Waals surface area (Å²) in [6.45, 7) is 1.98. The highest BCUT2D eigenvalue weighted by Crippen LogP contribution is 2.29. The predicted octanol–water partition coefficient (Wildman–Crippen LogP) is 3.96. The quantitative estimate of drug-likeness (QED) is 0.661. The summed E-state index contributed by atoms with van der Waals surface area (Å²) >= 11 is 12.0. The fourth-order valence-corrected chi connectivity index (χ4v) is 2.39. The lowest BCUT2D eigenvalue weighted by Crippen LogP contribution is -1.92. The molecule has 0 amide bonds. The van der Waals surface area contributed by atoms with Crippen LogP contribution < -0.4 is 0 Å². The third kappa shape index (κ3) is 1.71. The molecule has 1 aromatic carbocycles. The fraction of sp³-hybridized carbons (Fsp3) is 0.154. The molecule has 92 valence electrons. The van der Waals surface area contributed by atoms with Crippen molar-refractivity contribution in [2.45, 2.75) is 6.92 Å². The molecule has 0 spiro atoms. The summed E-state index contributed by atoms with van der Waals surface area (Å²) in [6, 6.07) is 5.63. The molecule has 0 atom stereocenters. The van der Waals surface area contributed by atoms with Crippen LogP contribution in [0.4, 0.5) is 0 Å². The van der Waals surface area contributed by atoms with Crippen molar-refractivity contribution in [3.63, 3.8) is 0 Å². The van der Waals surface area contributed by atoms with Gasteiger partial charge in [-0.1, -0.05) is 29.3 Å². The molecule has 0 aliphatic rings. The van der Waals surface area contributed by atoms with Gasteiger partial charge in [0, 0.05) is 25.0 Å². The Morgan fingerprint density at radius 3 is 2.56 bits per heavy atom. The molecule has 0 aliphatic heterocycles.